The van der Waals surface area contributed by atoms with Gasteiger partial charge in [-0.05, 0) is 65.7 Å². The fraction of sp³-hybridized carbons (Fsp3) is 0.0870. The van der Waals surface area contributed by atoms with Crippen molar-refractivity contribution in [3.8, 4) is 11.5 Å². The van der Waals surface area contributed by atoms with Gasteiger partial charge in [-0.15, -0.1) is 0 Å². The molecule has 2 amide bonds. The molecule has 0 fully saturated rings. The number of hydrogen-bond donors (Lipinski definition) is 2. The van der Waals surface area contributed by atoms with E-state index in [1.807, 2.05) is 0 Å². The number of methoxy groups -OCH3 is 1. The van der Waals surface area contributed by atoms with Crippen LogP contribution in [0.4, 0.5) is 10.1 Å². The number of halogens is 2. The fourth-order valence-corrected chi connectivity index (χ4v) is 2.69. The number of nitrogens with zero attached hydrogens (tertiary/aromatic N) is 1. The number of hydrogen-bond acceptors (Lipinski definition) is 5. The molecule has 9 heteroatoms. The lowest BCUT2D eigenvalue weighted by molar-refractivity contribution is -0.136. The van der Waals surface area contributed by atoms with Gasteiger partial charge in [-0.3, -0.25) is 9.59 Å². The molecule has 3 aromatic rings. The Kier molecular flexibility index (Phi) is 7.77. The summed E-state index contributed by atoms with van der Waals surface area (Å²) in [5.41, 5.74) is 4.00. The number of carbonyl (C=O) groups excluding carboxylic acids is 2. The van der Waals surface area contributed by atoms with Gasteiger partial charge in [0.2, 0.25) is 0 Å². The third-order valence-electron chi connectivity index (χ3n) is 4.18. The predicted octanol–water partition coefficient (Wildman–Crippen LogP) is 4.16. The Morgan fingerprint density at radius 3 is 2.41 bits per heavy atom. The second-order valence-corrected chi connectivity index (χ2v) is 6.92. The van der Waals surface area contributed by atoms with E-state index in [1.54, 1.807) is 54.6 Å². The molecule has 3 rings (SSSR count). The second kappa shape index (κ2) is 10.9. The number of rotatable bonds is 7. The molecule has 0 spiro atoms. The summed E-state index contributed by atoms with van der Waals surface area (Å²) in [6.45, 7) is 0.239. The molecule has 0 heterocycles. The minimum absolute atomic E-state index is 0.239. The summed E-state index contributed by atoms with van der Waals surface area (Å²) in [7, 11) is 1.49. The van der Waals surface area contributed by atoms with Crippen LogP contribution in [-0.2, 0) is 16.2 Å². The molecule has 0 aromatic heterocycles. The molecule has 0 saturated heterocycles. The molecule has 3 aromatic carbocycles. The molecule has 0 saturated carbocycles. The summed E-state index contributed by atoms with van der Waals surface area (Å²) in [5, 5.41) is 6.73. The van der Waals surface area contributed by atoms with Crippen LogP contribution in [0, 0.1) is 5.82 Å². The van der Waals surface area contributed by atoms with Crippen molar-refractivity contribution in [2.24, 2.45) is 5.10 Å². The summed E-state index contributed by atoms with van der Waals surface area (Å²) >= 11 is 5.78. The van der Waals surface area contributed by atoms with Gasteiger partial charge in [0.25, 0.3) is 0 Å². The van der Waals surface area contributed by atoms with Gasteiger partial charge in [0.15, 0.2) is 11.5 Å². The first-order chi connectivity index (χ1) is 15.4. The van der Waals surface area contributed by atoms with Crippen LogP contribution in [0.1, 0.15) is 11.1 Å². The highest BCUT2D eigenvalue weighted by molar-refractivity contribution is 6.39. The Morgan fingerprint density at radius 1 is 1.00 bits per heavy atom. The molecule has 0 unspecified atom stereocenters. The topological polar surface area (TPSA) is 89.0 Å². The third-order valence-corrected chi connectivity index (χ3v) is 4.44. The number of amides is 2. The Labute approximate surface area is 188 Å². The van der Waals surface area contributed by atoms with E-state index in [-0.39, 0.29) is 12.4 Å². The number of hydrazone groups is 1. The van der Waals surface area contributed by atoms with Gasteiger partial charge in [0.05, 0.1) is 13.3 Å². The van der Waals surface area contributed by atoms with Crippen LogP contribution < -0.4 is 20.2 Å². The SMILES string of the molecule is COc1cc(/C=N/NC(=O)C(=O)Nc2ccc(Cl)cc2)ccc1OCc1ccc(F)cc1. The molecular weight excluding hydrogens is 437 g/mol. The summed E-state index contributed by atoms with van der Waals surface area (Å²) in [6, 6.07) is 17.4. The Morgan fingerprint density at radius 2 is 1.72 bits per heavy atom. The van der Waals surface area contributed by atoms with Crippen molar-refractivity contribution in [3.05, 3.63) is 88.7 Å². The van der Waals surface area contributed by atoms with Gasteiger partial charge in [0.1, 0.15) is 12.4 Å². The average molecular weight is 456 g/mol. The van der Waals surface area contributed by atoms with Crippen molar-refractivity contribution in [1.82, 2.24) is 5.43 Å². The lowest BCUT2D eigenvalue weighted by atomic mass is 10.2. The fourth-order valence-electron chi connectivity index (χ4n) is 2.56. The van der Waals surface area contributed by atoms with Crippen molar-refractivity contribution in [2.45, 2.75) is 6.61 Å². The smallest absolute Gasteiger partial charge is 0.329 e. The quantitative estimate of drug-likeness (QED) is 0.318. The number of ether oxygens (including phenoxy) is 2. The molecule has 0 aliphatic rings. The normalized spacial score (nSPS) is 10.6. The van der Waals surface area contributed by atoms with Crippen LogP contribution in [-0.4, -0.2) is 25.1 Å². The third kappa shape index (κ3) is 6.55. The average Bonchev–Trinajstić information content (AvgIpc) is 2.80. The number of benzene rings is 3. The zero-order valence-electron chi connectivity index (χ0n) is 17.0. The molecule has 0 atom stereocenters. The van der Waals surface area contributed by atoms with Gasteiger partial charge in [-0.25, -0.2) is 9.82 Å². The minimum atomic E-state index is -0.928. The van der Waals surface area contributed by atoms with Crippen LogP contribution >= 0.6 is 11.6 Å². The van der Waals surface area contributed by atoms with Gasteiger partial charge in [-0.2, -0.15) is 5.10 Å². The second-order valence-electron chi connectivity index (χ2n) is 6.49. The molecule has 7 nitrogen and oxygen atoms in total. The highest BCUT2D eigenvalue weighted by Crippen LogP contribution is 2.28. The Hall–Kier alpha value is -3.91. The summed E-state index contributed by atoms with van der Waals surface area (Å²) in [4.78, 5) is 23.8. The zero-order chi connectivity index (χ0) is 22.9. The van der Waals surface area contributed by atoms with E-state index >= 15 is 0 Å². The van der Waals surface area contributed by atoms with Crippen LogP contribution in [0.3, 0.4) is 0 Å². The number of carbonyl (C=O) groups is 2. The highest BCUT2D eigenvalue weighted by atomic mass is 35.5. The Bertz CT molecular complexity index is 1120. The van der Waals surface area contributed by atoms with Crippen molar-refractivity contribution in [2.75, 3.05) is 12.4 Å². The first kappa shape index (κ1) is 22.8. The predicted molar refractivity (Wildman–Crippen MR) is 120 cm³/mol. The molecule has 0 bridgehead atoms. The summed E-state index contributed by atoms with van der Waals surface area (Å²) in [5.74, 6) is -1.18. The highest BCUT2D eigenvalue weighted by Gasteiger charge is 2.13. The molecule has 0 aliphatic carbocycles. The van der Waals surface area contributed by atoms with Gasteiger partial charge < -0.3 is 14.8 Å². The van der Waals surface area contributed by atoms with Gasteiger partial charge in [-0.1, -0.05) is 23.7 Å². The van der Waals surface area contributed by atoms with E-state index in [0.717, 1.165) is 5.56 Å². The van der Waals surface area contributed by atoms with E-state index in [0.29, 0.717) is 27.8 Å². The minimum Gasteiger partial charge on any atom is -0.493 e. The van der Waals surface area contributed by atoms with E-state index in [4.69, 9.17) is 21.1 Å². The van der Waals surface area contributed by atoms with E-state index in [9.17, 15) is 14.0 Å². The standard InChI is InChI=1S/C23H19ClFN3O4/c1-31-21-12-16(4-11-20(21)32-14-15-2-7-18(25)8-3-15)13-26-28-23(30)22(29)27-19-9-5-17(24)6-10-19/h2-13H,14H2,1H3,(H,27,29)(H,28,30)/b26-13+. The first-order valence-electron chi connectivity index (χ1n) is 9.40. The Balaban J connectivity index is 1.55. The maximum atomic E-state index is 13.0. The lowest BCUT2D eigenvalue weighted by Crippen LogP contribution is -2.32. The van der Waals surface area contributed by atoms with Crippen LogP contribution in [0.15, 0.2) is 71.8 Å². The monoisotopic (exact) mass is 455 g/mol. The lowest BCUT2D eigenvalue weighted by Gasteiger charge is -2.11. The zero-order valence-corrected chi connectivity index (χ0v) is 17.7. The van der Waals surface area contributed by atoms with E-state index < -0.39 is 11.8 Å². The number of anilines is 1. The van der Waals surface area contributed by atoms with Crippen LogP contribution in [0.2, 0.25) is 5.02 Å². The summed E-state index contributed by atoms with van der Waals surface area (Å²) < 4.78 is 24.0. The first-order valence-corrected chi connectivity index (χ1v) is 9.77. The van der Waals surface area contributed by atoms with E-state index in [1.165, 1.54) is 25.5 Å². The number of nitrogens with one attached hydrogen (secondary N) is 2. The maximum Gasteiger partial charge on any atom is 0.329 e. The summed E-state index contributed by atoms with van der Waals surface area (Å²) in [6.07, 6.45) is 1.36. The van der Waals surface area contributed by atoms with Gasteiger partial charge in [0, 0.05) is 10.7 Å². The molecule has 164 valence electrons. The van der Waals surface area contributed by atoms with Crippen LogP contribution in [0.5, 0.6) is 11.5 Å². The van der Waals surface area contributed by atoms with Crippen molar-refractivity contribution in [1.29, 1.82) is 0 Å². The molecular formula is C23H19ClFN3O4. The molecule has 0 aliphatic heterocycles. The molecule has 0 radical (unpaired) electrons. The van der Waals surface area contributed by atoms with E-state index in [2.05, 4.69) is 15.8 Å². The van der Waals surface area contributed by atoms with Crippen molar-refractivity contribution < 1.29 is 23.5 Å². The van der Waals surface area contributed by atoms with Crippen molar-refractivity contribution in [3.63, 3.8) is 0 Å². The molecule has 32 heavy (non-hydrogen) atoms. The largest absolute Gasteiger partial charge is 0.493 e. The van der Waals surface area contributed by atoms with Crippen LogP contribution in [0.25, 0.3) is 0 Å². The van der Waals surface area contributed by atoms with Crippen molar-refractivity contribution >= 4 is 35.3 Å². The molecule has 2 N–H and O–H groups in total. The maximum absolute atomic E-state index is 13.0. The van der Waals surface area contributed by atoms with Gasteiger partial charge >= 0.3 is 11.8 Å².